The van der Waals surface area contributed by atoms with Crippen LogP contribution < -0.4 is 27.9 Å². The van der Waals surface area contributed by atoms with Gasteiger partial charge in [-0.1, -0.05) is 0 Å². The van der Waals surface area contributed by atoms with Gasteiger partial charge in [0.1, 0.15) is 33.6 Å². The molecule has 0 radical (unpaired) electrons. The molecule has 6 aromatic heterocycles. The summed E-state index contributed by atoms with van der Waals surface area (Å²) in [4.78, 5) is 42.2. The third kappa shape index (κ3) is 9.98. The molecule has 0 atom stereocenters. The number of halogens is 12. The van der Waals surface area contributed by atoms with Crippen LogP contribution in [0.1, 0.15) is 0 Å². The number of nitriles is 6. The maximum atomic E-state index is 16.1. The Kier molecular flexibility index (Phi) is 17.2. The second-order valence-electron chi connectivity index (χ2n) is 21.1. The summed E-state index contributed by atoms with van der Waals surface area (Å²) in [5, 5.41) is 50.5. The standard InChI is InChI=1S/C24H6F6N8.C22F6N6Se2.C22H6N6Se2/c1-33-7(5-31)23-35-19-17(29)15(27)9-11(21(19)37(23)3)13(25)10-12(14(9)26)22-20(18(30)16(10)28)36-24(38(22)4)8(6-32)34-2;1-31-5(3-29)21-33-17-15(27)13(25)7-9(19(17)35-21)11(23)8-10(12(7)24)20-18(16(28)14(8)26)34-22(36-20)6(4-30)32-2;1-25-17(9-23)21-27-15-5-3-11-8-14-12(7-13(11)19(15)29-21)4-6-16-20(14)30-22(28-16)18(10-24)26-2/h3-4H3;;3-8H/b23-7-,24-8+;21-5-,22-6+;21-17-,22-18+. The first kappa shape index (κ1) is 69.0. The molecule has 15 rings (SSSR count). The molecule has 0 spiro atoms. The molecule has 104 heavy (non-hydrogen) atoms. The molecule has 9 aromatic carbocycles. The Balaban J connectivity index is 0.000000140. The van der Waals surface area contributed by atoms with Crippen LogP contribution in [0.4, 0.5) is 52.7 Å². The average Bonchev–Trinajstić information content (AvgIpc) is 1.38. The topological polar surface area (TPSA) is 256 Å². The summed E-state index contributed by atoms with van der Waals surface area (Å²) in [5.41, 5.74) is -6.21. The van der Waals surface area contributed by atoms with Crippen LogP contribution in [0.15, 0.2) is 36.4 Å². The molecule has 0 unspecified atom stereocenters. The van der Waals surface area contributed by atoms with Crippen LogP contribution >= 0.6 is 0 Å². The van der Waals surface area contributed by atoms with Gasteiger partial charge in [0.15, 0.2) is 23.3 Å². The van der Waals surface area contributed by atoms with Crippen molar-refractivity contribution in [1.29, 1.82) is 31.6 Å². The van der Waals surface area contributed by atoms with E-state index in [2.05, 4.69) is 71.1 Å². The fourth-order valence-electron chi connectivity index (χ4n) is 11.6. The zero-order valence-corrected chi connectivity index (χ0v) is 57.4. The first-order valence-electron chi connectivity index (χ1n) is 27.9. The molecule has 0 saturated carbocycles. The zero-order chi connectivity index (χ0) is 74.7. The van der Waals surface area contributed by atoms with E-state index >= 15 is 43.9 Å². The summed E-state index contributed by atoms with van der Waals surface area (Å²) in [5.74, 6) is -20.9. The number of aryl methyl sites for hydroxylation is 2. The number of hydrogen-bond donors (Lipinski definition) is 0. The van der Waals surface area contributed by atoms with Crippen molar-refractivity contribution in [2.75, 3.05) is 0 Å². The van der Waals surface area contributed by atoms with Crippen LogP contribution in [0.3, 0.4) is 0 Å². The van der Waals surface area contributed by atoms with E-state index in [1.807, 2.05) is 36.4 Å². The van der Waals surface area contributed by atoms with Crippen molar-refractivity contribution in [2.24, 2.45) is 14.1 Å². The number of rotatable bonds is 0. The number of benzene rings is 9. The molecule has 0 bridgehead atoms. The first-order valence-corrected chi connectivity index (χ1v) is 34.7. The van der Waals surface area contributed by atoms with Gasteiger partial charge in [0.05, 0.1) is 57.9 Å². The van der Waals surface area contributed by atoms with Gasteiger partial charge in [0.2, 0.25) is 0 Å². The van der Waals surface area contributed by atoms with E-state index in [4.69, 9.17) is 50.0 Å². The van der Waals surface area contributed by atoms with E-state index < -0.39 is 209 Å². The van der Waals surface area contributed by atoms with Crippen molar-refractivity contribution in [3.63, 3.8) is 0 Å². The summed E-state index contributed by atoms with van der Waals surface area (Å²) >= 11 is -2.92. The van der Waals surface area contributed by atoms with Crippen molar-refractivity contribution in [3.05, 3.63) is 203 Å². The molecule has 0 aliphatic carbocycles. The van der Waals surface area contributed by atoms with Gasteiger partial charge < -0.3 is 9.13 Å². The average molecular weight is 1650 g/mol. The van der Waals surface area contributed by atoms with Crippen LogP contribution in [-0.2, 0) is 14.1 Å². The van der Waals surface area contributed by atoms with Crippen molar-refractivity contribution in [1.82, 2.24) is 39.0 Å². The monoisotopic (exact) mass is 1660 g/mol. The fraction of sp³-hybridized carbons (Fsp3) is 0.0294. The summed E-state index contributed by atoms with van der Waals surface area (Å²) in [6.45, 7) is 42.6. The Morgan fingerprint density at radius 3 is 0.894 bits per heavy atom. The van der Waals surface area contributed by atoms with E-state index in [1.54, 1.807) is 0 Å². The summed E-state index contributed by atoms with van der Waals surface area (Å²) in [6, 6.07) is 22.1. The van der Waals surface area contributed by atoms with Gasteiger partial charge in [0, 0.05) is 14.1 Å². The Morgan fingerprint density at radius 1 is 0.327 bits per heavy atom. The fourth-order valence-corrected chi connectivity index (χ4v) is 20.3. The number of hydrogen-bond acceptors (Lipinski definition) is 12. The minimum atomic E-state index is -1.91. The van der Waals surface area contributed by atoms with Gasteiger partial charge >= 0.3 is 400 Å². The predicted octanol–water partition coefficient (Wildman–Crippen LogP) is 9.15. The normalized spacial score (nSPS) is 12.9. The van der Waals surface area contributed by atoms with Crippen molar-refractivity contribution >= 4 is 218 Å². The first-order chi connectivity index (χ1) is 49.9. The SMILES string of the molecule is [C-]#[N+]/C(C#N)=c1/nc2c(F)c(F)c3c(F)c4c(c(F)c(F)c5n/c(=C(/C#N)[N+]#[C-])[se]c54)c(F)c3c2[se]1.[C-]#[N+]/C(C#N)=c1/nc2c(F)c(F)c3c(F)c4c(c(F)c(F)c5n/c(=C(/C#N)[N+]#[C-])n(C)c54)c(F)c3c2n1C.[C-]#[N+]/C(C#N)=c1/nc2ccc3cc4c(ccc5n/c(=C(/C#N)[N+]#[C-])[se]c54)cc3c2[se]1. The molecule has 0 aliphatic rings. The molecule has 492 valence electrons. The predicted molar refractivity (Wildman–Crippen MR) is 353 cm³/mol. The van der Waals surface area contributed by atoms with Crippen LogP contribution in [0, 0.1) is 177 Å². The van der Waals surface area contributed by atoms with Gasteiger partial charge in [-0.25, -0.2) is 56.5 Å². The van der Waals surface area contributed by atoms with Gasteiger partial charge in [-0.05, 0) is 0 Å². The third-order valence-corrected chi connectivity index (χ3v) is 25.2. The van der Waals surface area contributed by atoms with Crippen LogP contribution in [0.2, 0.25) is 0 Å². The van der Waals surface area contributed by atoms with Gasteiger partial charge in [0.25, 0.3) is 0 Å². The molecule has 20 nitrogen and oxygen atoms in total. The molecule has 36 heteroatoms. The van der Waals surface area contributed by atoms with E-state index in [0.717, 1.165) is 64.3 Å². The third-order valence-electron chi connectivity index (χ3n) is 16.0. The Labute approximate surface area is 590 Å². The van der Waals surface area contributed by atoms with Gasteiger partial charge in [-0.2, -0.15) is 0 Å². The minimum absolute atomic E-state index is 0.0645. The molecular formula is C68H12F12N20Se4. The summed E-state index contributed by atoms with van der Waals surface area (Å²) in [7, 11) is 2.23. The second kappa shape index (κ2) is 25.9. The van der Waals surface area contributed by atoms with Crippen molar-refractivity contribution in [2.45, 2.75) is 0 Å². The molecule has 15 aromatic rings. The Hall–Kier alpha value is -13.5. The van der Waals surface area contributed by atoms with E-state index in [9.17, 15) is 29.8 Å². The van der Waals surface area contributed by atoms with Crippen LogP contribution in [-0.4, -0.2) is 97.1 Å². The van der Waals surface area contributed by atoms with E-state index in [0.29, 0.717) is 8.45 Å². The molecule has 0 N–H and O–H groups in total. The number of fused-ring (bicyclic) bond motifs is 18. The van der Waals surface area contributed by atoms with E-state index in [1.165, 1.54) is 24.3 Å². The van der Waals surface area contributed by atoms with Crippen molar-refractivity contribution in [3.8, 4) is 36.4 Å². The van der Waals surface area contributed by atoms with Crippen molar-refractivity contribution < 1.29 is 52.7 Å². The summed E-state index contributed by atoms with van der Waals surface area (Å²) < 4.78 is 188. The molecular weight excluding hydrogens is 1640 g/mol. The zero-order valence-electron chi connectivity index (χ0n) is 50.6. The van der Waals surface area contributed by atoms with Crippen LogP contribution in [0.25, 0.3) is 189 Å². The van der Waals surface area contributed by atoms with Crippen LogP contribution in [0.5, 0.6) is 0 Å². The molecule has 6 heterocycles. The Bertz CT molecular complexity index is 7180. The Morgan fingerprint density at radius 2 is 0.596 bits per heavy atom. The molecule has 0 aliphatic heterocycles. The quantitative estimate of drug-likeness (QED) is 0.0596. The van der Waals surface area contributed by atoms with Gasteiger partial charge in [-0.3, -0.25) is 0 Å². The number of aromatic nitrogens is 8. The van der Waals surface area contributed by atoms with E-state index in [-0.39, 0.29) is 57.4 Å². The summed E-state index contributed by atoms with van der Waals surface area (Å²) in [6.07, 6.45) is 0. The maximum absolute atomic E-state index is 16.1. The second-order valence-corrected chi connectivity index (χ2v) is 29.5. The molecule has 0 saturated heterocycles. The number of nitrogens with zero attached hydrogens (tertiary/aromatic N) is 20. The molecule has 0 fully saturated rings. The molecule has 0 amide bonds. The number of imidazole rings is 2. The van der Waals surface area contributed by atoms with Gasteiger partial charge in [-0.15, -0.1) is 0 Å².